The zero-order valence-corrected chi connectivity index (χ0v) is 11.5. The molecule has 1 saturated heterocycles. The minimum atomic E-state index is -0.367. The molecule has 0 radical (unpaired) electrons. The summed E-state index contributed by atoms with van der Waals surface area (Å²) in [4.78, 5) is 13.8. The van der Waals surface area contributed by atoms with Gasteiger partial charge in [-0.15, -0.1) is 0 Å². The second kappa shape index (κ2) is 5.66. The van der Waals surface area contributed by atoms with E-state index >= 15 is 0 Å². The third-order valence-corrected chi connectivity index (χ3v) is 3.47. The third-order valence-electron chi connectivity index (χ3n) is 3.14. The van der Waals surface area contributed by atoms with Gasteiger partial charge in [0.1, 0.15) is 6.61 Å². The van der Waals surface area contributed by atoms with E-state index in [1.165, 1.54) is 0 Å². The van der Waals surface area contributed by atoms with E-state index in [0.29, 0.717) is 17.8 Å². The molecule has 0 aromatic rings. The molecule has 0 aromatic heterocycles. The monoisotopic (exact) mass is 290 g/mol. The summed E-state index contributed by atoms with van der Waals surface area (Å²) in [5, 5.41) is 8.22. The molecule has 0 atom stereocenters. The number of likely N-dealkylation sites (tertiary alicyclic amines) is 1. The molecule has 0 aliphatic carbocycles. The van der Waals surface area contributed by atoms with Crippen LogP contribution in [0.4, 0.5) is 0 Å². The first-order valence-electron chi connectivity index (χ1n) is 5.53. The zero-order valence-electron chi connectivity index (χ0n) is 9.88. The molecule has 1 aliphatic heterocycles. The Morgan fingerprint density at radius 3 is 2.50 bits per heavy atom. The topological polar surface area (TPSA) is 53.4 Å². The van der Waals surface area contributed by atoms with E-state index in [4.69, 9.17) is 10.1 Å². The summed E-state index contributed by atoms with van der Waals surface area (Å²) in [6.45, 7) is 5.72. The van der Waals surface area contributed by atoms with Crippen LogP contribution in [0.15, 0.2) is 0 Å². The number of nitrogens with one attached hydrogen (secondary N) is 1. The Balaban J connectivity index is 2.49. The second-order valence-corrected chi connectivity index (χ2v) is 5.25. The summed E-state index contributed by atoms with van der Waals surface area (Å²) in [7, 11) is 0. The fourth-order valence-corrected chi connectivity index (χ4v) is 2.01. The van der Waals surface area contributed by atoms with Crippen LogP contribution >= 0.6 is 15.9 Å². The van der Waals surface area contributed by atoms with Crippen LogP contribution in [0.1, 0.15) is 26.7 Å². The van der Waals surface area contributed by atoms with Gasteiger partial charge in [-0.25, -0.2) is 0 Å². The Bertz CT molecular complexity index is 273. The summed E-state index contributed by atoms with van der Waals surface area (Å²) < 4.78 is 5.17. The molecule has 0 amide bonds. The summed E-state index contributed by atoms with van der Waals surface area (Å²) in [5.41, 5.74) is -0.367. The van der Waals surface area contributed by atoms with Crippen LogP contribution in [-0.2, 0) is 9.53 Å². The van der Waals surface area contributed by atoms with Crippen LogP contribution in [0.25, 0.3) is 0 Å². The molecule has 0 aromatic carbocycles. The van der Waals surface area contributed by atoms with Crippen LogP contribution in [0, 0.1) is 10.8 Å². The van der Waals surface area contributed by atoms with Gasteiger partial charge in [-0.1, -0.05) is 15.9 Å². The predicted octanol–water partition coefficient (Wildman–Crippen LogP) is 2.02. The third kappa shape index (κ3) is 3.20. The highest BCUT2D eigenvalue weighted by Crippen LogP contribution is 2.32. The minimum Gasteiger partial charge on any atom is -0.464 e. The molecule has 16 heavy (non-hydrogen) atoms. The van der Waals surface area contributed by atoms with Gasteiger partial charge in [-0.05, 0) is 26.7 Å². The van der Waals surface area contributed by atoms with Crippen molar-refractivity contribution < 1.29 is 9.53 Å². The van der Waals surface area contributed by atoms with Crippen molar-refractivity contribution in [1.29, 1.82) is 5.41 Å². The first kappa shape index (κ1) is 13.5. The lowest BCUT2D eigenvalue weighted by molar-refractivity contribution is -0.156. The van der Waals surface area contributed by atoms with Crippen LogP contribution in [-0.4, -0.2) is 41.7 Å². The van der Waals surface area contributed by atoms with E-state index < -0.39 is 0 Å². The van der Waals surface area contributed by atoms with E-state index in [9.17, 15) is 4.79 Å². The standard InChI is InChI=1S/C11H19BrN2O2/c1-9(13)14-6-3-11(2,4-7-14)10(15)16-8-5-12/h13H,3-8H2,1-2H3. The maximum atomic E-state index is 11.8. The quantitative estimate of drug-likeness (QED) is 0.374. The molecule has 4 nitrogen and oxygen atoms in total. The van der Waals surface area contributed by atoms with Crippen LogP contribution in [0.5, 0.6) is 0 Å². The first-order valence-corrected chi connectivity index (χ1v) is 6.65. The van der Waals surface area contributed by atoms with Gasteiger partial charge in [0.25, 0.3) is 0 Å². The van der Waals surface area contributed by atoms with Crippen molar-refractivity contribution in [2.45, 2.75) is 26.7 Å². The first-order chi connectivity index (χ1) is 7.49. The molecule has 0 unspecified atom stereocenters. The van der Waals surface area contributed by atoms with Gasteiger partial charge in [0.05, 0.1) is 11.3 Å². The van der Waals surface area contributed by atoms with E-state index in [-0.39, 0.29) is 11.4 Å². The molecular formula is C11H19BrN2O2. The number of piperidine rings is 1. The number of esters is 1. The highest BCUT2D eigenvalue weighted by atomic mass is 79.9. The summed E-state index contributed by atoms with van der Waals surface area (Å²) in [5.74, 6) is 0.477. The number of hydrogen-bond donors (Lipinski definition) is 1. The Labute approximate surface area is 105 Å². The van der Waals surface area contributed by atoms with Crippen LogP contribution < -0.4 is 0 Å². The Hall–Kier alpha value is -0.580. The Morgan fingerprint density at radius 1 is 1.50 bits per heavy atom. The van der Waals surface area contributed by atoms with Crippen molar-refractivity contribution in [1.82, 2.24) is 4.90 Å². The molecule has 92 valence electrons. The Kier molecular flexibility index (Phi) is 4.77. The molecule has 0 saturated carbocycles. The van der Waals surface area contributed by atoms with Gasteiger partial charge in [0.15, 0.2) is 0 Å². The molecule has 1 aliphatic rings. The minimum absolute atomic E-state index is 0.103. The van der Waals surface area contributed by atoms with E-state index in [0.717, 1.165) is 25.9 Å². The number of ether oxygens (including phenoxy) is 1. The number of carbonyl (C=O) groups excluding carboxylic acids is 1. The molecule has 1 rings (SSSR count). The fourth-order valence-electron chi connectivity index (χ4n) is 1.85. The van der Waals surface area contributed by atoms with E-state index in [2.05, 4.69) is 15.9 Å². The van der Waals surface area contributed by atoms with Crippen molar-refractivity contribution in [2.75, 3.05) is 25.0 Å². The SMILES string of the molecule is CC(=N)N1CCC(C)(C(=O)OCCBr)CC1. The normalized spacial score (nSPS) is 19.3. The smallest absolute Gasteiger partial charge is 0.311 e. The van der Waals surface area contributed by atoms with Crippen molar-refractivity contribution in [3.05, 3.63) is 0 Å². The fraction of sp³-hybridized carbons (Fsp3) is 0.818. The lowest BCUT2D eigenvalue weighted by atomic mass is 9.80. The number of alkyl halides is 1. The molecule has 0 bridgehead atoms. The lowest BCUT2D eigenvalue weighted by Crippen LogP contribution is -2.45. The number of rotatable bonds is 3. The molecular weight excluding hydrogens is 272 g/mol. The van der Waals surface area contributed by atoms with Crippen molar-refractivity contribution >= 4 is 27.7 Å². The number of amidine groups is 1. The van der Waals surface area contributed by atoms with E-state index in [1.54, 1.807) is 6.92 Å². The molecule has 1 fully saturated rings. The zero-order chi connectivity index (χ0) is 12.2. The van der Waals surface area contributed by atoms with Crippen molar-refractivity contribution in [2.24, 2.45) is 5.41 Å². The molecule has 1 heterocycles. The second-order valence-electron chi connectivity index (χ2n) is 4.46. The van der Waals surface area contributed by atoms with Crippen LogP contribution in [0.3, 0.4) is 0 Å². The lowest BCUT2D eigenvalue weighted by Gasteiger charge is -2.38. The highest BCUT2D eigenvalue weighted by molar-refractivity contribution is 9.09. The largest absolute Gasteiger partial charge is 0.464 e. The van der Waals surface area contributed by atoms with E-state index in [1.807, 2.05) is 11.8 Å². The Morgan fingerprint density at radius 2 is 2.06 bits per heavy atom. The predicted molar refractivity (Wildman–Crippen MR) is 67.1 cm³/mol. The summed E-state index contributed by atoms with van der Waals surface area (Å²) >= 11 is 3.23. The number of nitrogens with zero attached hydrogens (tertiary/aromatic N) is 1. The van der Waals surface area contributed by atoms with Gasteiger partial charge in [-0.3, -0.25) is 10.2 Å². The van der Waals surface area contributed by atoms with Crippen LogP contribution in [0.2, 0.25) is 0 Å². The number of halogens is 1. The van der Waals surface area contributed by atoms with Crippen molar-refractivity contribution in [3.63, 3.8) is 0 Å². The maximum Gasteiger partial charge on any atom is 0.311 e. The molecule has 0 spiro atoms. The number of hydrogen-bond acceptors (Lipinski definition) is 3. The summed E-state index contributed by atoms with van der Waals surface area (Å²) in [6.07, 6.45) is 1.54. The molecule has 5 heteroatoms. The summed E-state index contributed by atoms with van der Waals surface area (Å²) in [6, 6.07) is 0. The molecule has 1 N–H and O–H groups in total. The van der Waals surface area contributed by atoms with Gasteiger partial charge in [0, 0.05) is 18.4 Å². The highest BCUT2D eigenvalue weighted by Gasteiger charge is 2.38. The number of carbonyl (C=O) groups is 1. The van der Waals surface area contributed by atoms with Gasteiger partial charge >= 0.3 is 5.97 Å². The van der Waals surface area contributed by atoms with Gasteiger partial charge in [-0.2, -0.15) is 0 Å². The van der Waals surface area contributed by atoms with Crippen molar-refractivity contribution in [3.8, 4) is 0 Å². The maximum absolute atomic E-state index is 11.8. The average Bonchev–Trinajstić information content (AvgIpc) is 2.26. The average molecular weight is 291 g/mol. The van der Waals surface area contributed by atoms with Gasteiger partial charge < -0.3 is 9.64 Å². The van der Waals surface area contributed by atoms with Gasteiger partial charge in [0.2, 0.25) is 0 Å².